The average Bonchev–Trinajstić information content (AvgIpc) is 3.16. The number of imidazole rings is 1. The zero-order valence-corrected chi connectivity index (χ0v) is 13.8. The van der Waals surface area contributed by atoms with Crippen molar-refractivity contribution in [2.24, 2.45) is 0 Å². The first-order chi connectivity index (χ1) is 12.2. The van der Waals surface area contributed by atoms with Crippen LogP contribution in [0.1, 0.15) is 10.4 Å². The molecule has 0 aliphatic carbocycles. The summed E-state index contributed by atoms with van der Waals surface area (Å²) in [6, 6.07) is 16.5. The maximum absolute atomic E-state index is 12.6. The van der Waals surface area contributed by atoms with Crippen molar-refractivity contribution < 1.29 is 4.79 Å². The molecule has 4 rings (SSSR count). The van der Waals surface area contributed by atoms with E-state index >= 15 is 0 Å². The lowest BCUT2D eigenvalue weighted by Gasteiger charge is -2.10. The van der Waals surface area contributed by atoms with Gasteiger partial charge in [-0.15, -0.1) is 0 Å². The van der Waals surface area contributed by atoms with Crippen LogP contribution < -0.4 is 5.32 Å². The topological polar surface area (TPSA) is 59.8 Å². The molecule has 0 saturated carbocycles. The molecule has 0 saturated heterocycles. The highest BCUT2D eigenvalue weighted by Gasteiger charge is 2.12. The number of amides is 1. The summed E-state index contributed by atoms with van der Waals surface area (Å²) >= 11 is 6.11. The van der Waals surface area contributed by atoms with Crippen LogP contribution in [0.25, 0.3) is 16.7 Å². The van der Waals surface area contributed by atoms with E-state index in [9.17, 15) is 4.79 Å². The molecule has 25 heavy (non-hydrogen) atoms. The Balaban J connectivity index is 1.75. The molecule has 0 fully saturated rings. The first kappa shape index (κ1) is 15.4. The molecule has 0 bridgehead atoms. The smallest absolute Gasteiger partial charge is 0.257 e. The number of fused-ring (bicyclic) bond motifs is 1. The number of rotatable bonds is 3. The number of aromatic nitrogens is 3. The number of anilines is 1. The Labute approximate surface area is 148 Å². The van der Waals surface area contributed by atoms with E-state index in [1.54, 1.807) is 36.8 Å². The molecule has 2 aromatic carbocycles. The van der Waals surface area contributed by atoms with Gasteiger partial charge in [0.1, 0.15) is 12.1 Å². The SMILES string of the molecule is O=C(Nc1cccc2ccc(-n3ccnc3)nc12)c1ccccc1Cl. The van der Waals surface area contributed by atoms with Gasteiger partial charge in [0.15, 0.2) is 0 Å². The van der Waals surface area contributed by atoms with Crippen molar-refractivity contribution in [3.63, 3.8) is 0 Å². The van der Waals surface area contributed by atoms with Crippen LogP contribution in [-0.2, 0) is 0 Å². The maximum atomic E-state index is 12.6. The molecule has 1 N–H and O–H groups in total. The molecule has 0 spiro atoms. The van der Waals surface area contributed by atoms with E-state index < -0.39 is 0 Å². The third-order valence-corrected chi connectivity index (χ3v) is 4.17. The van der Waals surface area contributed by atoms with Gasteiger partial charge in [-0.3, -0.25) is 9.36 Å². The zero-order chi connectivity index (χ0) is 17.2. The highest BCUT2D eigenvalue weighted by molar-refractivity contribution is 6.34. The molecule has 0 aliphatic heterocycles. The number of nitrogens with one attached hydrogen (secondary N) is 1. The molecular formula is C19H13ClN4O. The van der Waals surface area contributed by atoms with Gasteiger partial charge in [-0.25, -0.2) is 9.97 Å². The summed E-state index contributed by atoms with van der Waals surface area (Å²) in [4.78, 5) is 21.3. The van der Waals surface area contributed by atoms with Crippen molar-refractivity contribution in [1.82, 2.24) is 14.5 Å². The van der Waals surface area contributed by atoms with Gasteiger partial charge in [-0.2, -0.15) is 0 Å². The van der Waals surface area contributed by atoms with E-state index in [1.807, 2.05) is 41.1 Å². The second kappa shape index (κ2) is 6.37. The van der Waals surface area contributed by atoms with Crippen molar-refractivity contribution in [3.05, 3.63) is 83.9 Å². The second-order valence-corrected chi connectivity index (χ2v) is 5.86. The molecule has 122 valence electrons. The molecule has 1 amide bonds. The van der Waals surface area contributed by atoms with E-state index in [0.717, 1.165) is 11.2 Å². The number of carbonyl (C=O) groups excluding carboxylic acids is 1. The lowest BCUT2D eigenvalue weighted by Crippen LogP contribution is -2.13. The summed E-state index contributed by atoms with van der Waals surface area (Å²) in [6.45, 7) is 0. The number of carbonyl (C=O) groups is 1. The highest BCUT2D eigenvalue weighted by Crippen LogP contribution is 2.24. The van der Waals surface area contributed by atoms with Crippen molar-refractivity contribution >= 4 is 34.1 Å². The van der Waals surface area contributed by atoms with Crippen LogP contribution in [0.2, 0.25) is 5.02 Å². The van der Waals surface area contributed by atoms with Crippen molar-refractivity contribution in [1.29, 1.82) is 0 Å². The fourth-order valence-corrected chi connectivity index (χ4v) is 2.83. The van der Waals surface area contributed by atoms with Crippen LogP contribution in [0.5, 0.6) is 0 Å². The number of halogens is 1. The number of hydrogen-bond donors (Lipinski definition) is 1. The van der Waals surface area contributed by atoms with Gasteiger partial charge in [0.05, 0.1) is 21.8 Å². The Morgan fingerprint density at radius 1 is 1.04 bits per heavy atom. The van der Waals surface area contributed by atoms with Crippen molar-refractivity contribution in [3.8, 4) is 5.82 Å². The van der Waals surface area contributed by atoms with Crippen molar-refractivity contribution in [2.75, 3.05) is 5.32 Å². The van der Waals surface area contributed by atoms with E-state index in [1.165, 1.54) is 0 Å². The first-order valence-corrected chi connectivity index (χ1v) is 8.04. The summed E-state index contributed by atoms with van der Waals surface area (Å²) in [5.74, 6) is 0.456. The Kier molecular flexibility index (Phi) is 3.91. The number of nitrogens with zero attached hydrogens (tertiary/aromatic N) is 3. The van der Waals surface area contributed by atoms with Gasteiger partial charge in [0.25, 0.3) is 5.91 Å². The molecule has 2 aromatic heterocycles. The van der Waals surface area contributed by atoms with E-state index in [-0.39, 0.29) is 5.91 Å². The van der Waals surface area contributed by atoms with Gasteiger partial charge >= 0.3 is 0 Å². The standard InChI is InChI=1S/C19H13ClN4O/c20-15-6-2-1-5-14(15)19(25)22-16-7-3-4-13-8-9-17(23-18(13)16)24-11-10-21-12-24/h1-12H,(H,22,25). The third kappa shape index (κ3) is 2.97. The zero-order valence-electron chi connectivity index (χ0n) is 13.1. The predicted molar refractivity (Wildman–Crippen MR) is 98.3 cm³/mol. The highest BCUT2D eigenvalue weighted by atomic mass is 35.5. The Morgan fingerprint density at radius 2 is 1.92 bits per heavy atom. The first-order valence-electron chi connectivity index (χ1n) is 7.66. The number of hydrogen-bond acceptors (Lipinski definition) is 3. The van der Waals surface area contributed by atoms with Gasteiger partial charge in [0, 0.05) is 17.8 Å². The largest absolute Gasteiger partial charge is 0.320 e. The van der Waals surface area contributed by atoms with Crippen LogP contribution in [0.3, 0.4) is 0 Å². The Bertz CT molecular complexity index is 1060. The quantitative estimate of drug-likeness (QED) is 0.599. The number of benzene rings is 2. The monoisotopic (exact) mass is 348 g/mol. The van der Waals surface area contributed by atoms with Gasteiger partial charge in [0.2, 0.25) is 0 Å². The molecule has 2 heterocycles. The van der Waals surface area contributed by atoms with E-state index in [2.05, 4.69) is 15.3 Å². The third-order valence-electron chi connectivity index (χ3n) is 3.84. The lowest BCUT2D eigenvalue weighted by atomic mass is 10.1. The summed E-state index contributed by atoms with van der Waals surface area (Å²) in [5, 5.41) is 4.24. The number of para-hydroxylation sites is 1. The minimum absolute atomic E-state index is 0.270. The summed E-state index contributed by atoms with van der Waals surface area (Å²) < 4.78 is 1.81. The molecular weight excluding hydrogens is 336 g/mol. The fraction of sp³-hybridized carbons (Fsp3) is 0. The van der Waals surface area contributed by atoms with Crippen LogP contribution in [0.15, 0.2) is 73.3 Å². The average molecular weight is 349 g/mol. The van der Waals surface area contributed by atoms with E-state index in [0.29, 0.717) is 21.8 Å². The molecule has 0 aliphatic rings. The normalized spacial score (nSPS) is 10.8. The van der Waals surface area contributed by atoms with Gasteiger partial charge in [-0.05, 0) is 30.3 Å². The molecule has 4 aromatic rings. The van der Waals surface area contributed by atoms with Gasteiger partial charge in [-0.1, -0.05) is 35.9 Å². The number of pyridine rings is 1. The fourth-order valence-electron chi connectivity index (χ4n) is 2.61. The van der Waals surface area contributed by atoms with Gasteiger partial charge < -0.3 is 5.32 Å². The van der Waals surface area contributed by atoms with Crippen LogP contribution >= 0.6 is 11.6 Å². The van der Waals surface area contributed by atoms with Crippen LogP contribution in [0, 0.1) is 0 Å². The second-order valence-electron chi connectivity index (χ2n) is 5.45. The summed E-state index contributed by atoms with van der Waals surface area (Å²) in [5.41, 5.74) is 1.76. The molecule has 0 unspecified atom stereocenters. The molecule has 6 heteroatoms. The lowest BCUT2D eigenvalue weighted by molar-refractivity contribution is 0.102. The van der Waals surface area contributed by atoms with E-state index in [4.69, 9.17) is 11.6 Å². The maximum Gasteiger partial charge on any atom is 0.257 e. The minimum atomic E-state index is -0.270. The minimum Gasteiger partial charge on any atom is -0.320 e. The van der Waals surface area contributed by atoms with Crippen LogP contribution in [0.4, 0.5) is 5.69 Å². The predicted octanol–water partition coefficient (Wildman–Crippen LogP) is 4.33. The van der Waals surface area contributed by atoms with Crippen molar-refractivity contribution in [2.45, 2.75) is 0 Å². The Morgan fingerprint density at radius 3 is 2.72 bits per heavy atom. The Hall–Kier alpha value is -3.18. The molecule has 0 atom stereocenters. The summed E-state index contributed by atoms with van der Waals surface area (Å²) in [6.07, 6.45) is 5.19. The molecule has 5 nitrogen and oxygen atoms in total. The summed E-state index contributed by atoms with van der Waals surface area (Å²) in [7, 11) is 0. The molecule has 0 radical (unpaired) electrons. The van der Waals surface area contributed by atoms with Crippen LogP contribution in [-0.4, -0.2) is 20.4 Å².